The Bertz CT molecular complexity index is 212. The van der Waals surface area contributed by atoms with Crippen LogP contribution in [0.5, 0.6) is 0 Å². The van der Waals surface area contributed by atoms with Gasteiger partial charge in [-0.1, -0.05) is 77.6 Å². The van der Waals surface area contributed by atoms with Crippen molar-refractivity contribution >= 4 is 11.3 Å². The van der Waals surface area contributed by atoms with E-state index >= 15 is 0 Å². The maximum atomic E-state index is 10.6. The van der Waals surface area contributed by atoms with Gasteiger partial charge in [-0.3, -0.25) is 4.21 Å². The first-order valence-electron chi connectivity index (χ1n) is 7.99. The van der Waals surface area contributed by atoms with Gasteiger partial charge in [-0.15, -0.1) is 0 Å². The molecule has 0 fully saturated rings. The van der Waals surface area contributed by atoms with Crippen LogP contribution >= 0.6 is 0 Å². The monoisotopic (exact) mass is 290 g/mol. The second kappa shape index (κ2) is 14.5. The highest BCUT2D eigenvalue weighted by Gasteiger charge is 1.97. The van der Waals surface area contributed by atoms with E-state index in [2.05, 4.69) is 6.92 Å². The molecule has 1 atom stereocenters. The van der Waals surface area contributed by atoms with E-state index < -0.39 is 11.3 Å². The van der Waals surface area contributed by atoms with Gasteiger partial charge < -0.3 is 4.55 Å². The van der Waals surface area contributed by atoms with E-state index in [0.717, 1.165) is 12.8 Å². The predicted molar refractivity (Wildman–Crippen MR) is 82.6 cm³/mol. The molecule has 3 nitrogen and oxygen atoms in total. The fraction of sp³-hybridized carbons (Fsp3) is 1.00. The molecule has 0 aromatic heterocycles. The van der Waals surface area contributed by atoms with Gasteiger partial charge in [-0.25, -0.2) is 4.31 Å². The van der Waals surface area contributed by atoms with Gasteiger partial charge in [0.2, 0.25) is 0 Å². The molecule has 0 radical (unpaired) electrons. The van der Waals surface area contributed by atoms with Crippen LogP contribution in [0, 0.1) is 0 Å². The molecule has 0 aromatic rings. The summed E-state index contributed by atoms with van der Waals surface area (Å²) in [5.41, 5.74) is 0. The Morgan fingerprint density at radius 2 is 1.16 bits per heavy atom. The van der Waals surface area contributed by atoms with Gasteiger partial charge in [0, 0.05) is 17.8 Å². The summed E-state index contributed by atoms with van der Waals surface area (Å²) < 4.78 is 22.5. The summed E-state index contributed by atoms with van der Waals surface area (Å²) >= 11 is -2.04. The van der Waals surface area contributed by atoms with Gasteiger partial charge >= 0.3 is 0 Å². The minimum atomic E-state index is -2.04. The fourth-order valence-electron chi connectivity index (χ4n) is 2.25. The molecule has 0 spiro atoms. The van der Waals surface area contributed by atoms with Crippen molar-refractivity contribution in [1.29, 1.82) is 0 Å². The van der Waals surface area contributed by atoms with Gasteiger partial charge in [-0.2, -0.15) is 0 Å². The number of hydrogen-bond acceptors (Lipinski definition) is 2. The smallest absolute Gasteiger partial charge is 0.0206 e. The average Bonchev–Trinajstić information content (AvgIpc) is 2.39. The van der Waals surface area contributed by atoms with E-state index in [4.69, 9.17) is 0 Å². The molecule has 19 heavy (non-hydrogen) atoms. The summed E-state index contributed by atoms with van der Waals surface area (Å²) in [5, 5.41) is 0. The maximum absolute atomic E-state index is 10.6. The predicted octanol–water partition coefficient (Wildman–Crippen LogP) is 4.41. The van der Waals surface area contributed by atoms with Crippen molar-refractivity contribution in [2.24, 2.45) is 0 Å². The maximum Gasteiger partial charge on any atom is 0.0206 e. The van der Waals surface area contributed by atoms with Crippen LogP contribution < -0.4 is 0 Å². The Morgan fingerprint density at radius 3 is 1.53 bits per heavy atom. The van der Waals surface area contributed by atoms with Crippen molar-refractivity contribution in [3.8, 4) is 0 Å². The molecular formula is C15H32NO2S-. The first-order valence-corrected chi connectivity index (χ1v) is 9.02. The first kappa shape index (κ1) is 19.1. The van der Waals surface area contributed by atoms with Gasteiger partial charge in [0.15, 0.2) is 0 Å². The van der Waals surface area contributed by atoms with Crippen LogP contribution in [0.15, 0.2) is 0 Å². The topological polar surface area (TPSA) is 43.4 Å². The highest BCUT2D eigenvalue weighted by Crippen LogP contribution is 2.12. The lowest BCUT2D eigenvalue weighted by Gasteiger charge is -2.18. The molecule has 0 aliphatic heterocycles. The van der Waals surface area contributed by atoms with E-state index in [1.165, 1.54) is 68.5 Å². The first-order chi connectivity index (χ1) is 9.18. The number of unbranched alkanes of at least 4 members (excludes halogenated alkanes) is 11. The van der Waals surface area contributed by atoms with Crippen LogP contribution in [0.2, 0.25) is 0 Å². The van der Waals surface area contributed by atoms with Crippen LogP contribution in [0.4, 0.5) is 0 Å². The van der Waals surface area contributed by atoms with Crippen molar-refractivity contribution in [3.63, 3.8) is 0 Å². The van der Waals surface area contributed by atoms with Gasteiger partial charge in [-0.05, 0) is 13.5 Å². The van der Waals surface area contributed by atoms with Gasteiger partial charge in [0.1, 0.15) is 0 Å². The standard InChI is InChI=1S/C15H33NO2S/c1-3-4-5-6-7-8-9-10-11-12-13-14-15-16(2)19(17)18/h3-15H2,1-2H3,(H,17,18)/p-1. The van der Waals surface area contributed by atoms with E-state index in [9.17, 15) is 8.76 Å². The summed E-state index contributed by atoms with van der Waals surface area (Å²) in [6.07, 6.45) is 15.7. The van der Waals surface area contributed by atoms with Crippen LogP contribution in [-0.4, -0.2) is 26.7 Å². The third-order valence-electron chi connectivity index (χ3n) is 3.58. The van der Waals surface area contributed by atoms with Crippen LogP contribution in [0.25, 0.3) is 0 Å². The number of nitrogens with zero attached hydrogens (tertiary/aromatic N) is 1. The summed E-state index contributed by atoms with van der Waals surface area (Å²) in [7, 11) is 1.63. The number of rotatable bonds is 14. The molecule has 0 aromatic carbocycles. The van der Waals surface area contributed by atoms with E-state index in [1.54, 1.807) is 7.05 Å². The minimum absolute atomic E-state index is 0.660. The molecule has 4 heteroatoms. The molecule has 116 valence electrons. The summed E-state index contributed by atoms with van der Waals surface area (Å²) in [6.45, 7) is 2.92. The van der Waals surface area contributed by atoms with E-state index in [0.29, 0.717) is 6.54 Å². The third-order valence-corrected chi connectivity index (χ3v) is 4.27. The van der Waals surface area contributed by atoms with Crippen molar-refractivity contribution in [3.05, 3.63) is 0 Å². The molecule has 0 saturated carbocycles. The molecule has 0 aliphatic carbocycles. The lowest BCUT2D eigenvalue weighted by molar-refractivity contribution is 0.420. The molecule has 0 saturated heterocycles. The molecule has 0 N–H and O–H groups in total. The molecular weight excluding hydrogens is 258 g/mol. The van der Waals surface area contributed by atoms with Crippen LogP contribution in [-0.2, 0) is 11.3 Å². The second-order valence-corrected chi connectivity index (χ2v) is 6.52. The SMILES string of the molecule is CCCCCCCCCCCCCCN(C)S(=O)[O-]. The van der Waals surface area contributed by atoms with E-state index in [1.807, 2.05) is 0 Å². The molecule has 1 unspecified atom stereocenters. The minimum Gasteiger partial charge on any atom is -0.760 e. The number of hydrogen-bond donors (Lipinski definition) is 0. The van der Waals surface area contributed by atoms with Gasteiger partial charge in [0.25, 0.3) is 0 Å². The normalized spacial score (nSPS) is 13.1. The highest BCUT2D eigenvalue weighted by atomic mass is 32.2. The van der Waals surface area contributed by atoms with Crippen molar-refractivity contribution in [1.82, 2.24) is 4.31 Å². The molecule has 0 aliphatic rings. The average molecular weight is 290 g/mol. The highest BCUT2D eigenvalue weighted by molar-refractivity contribution is 7.76. The van der Waals surface area contributed by atoms with Crippen LogP contribution in [0.1, 0.15) is 84.0 Å². The summed E-state index contributed by atoms with van der Waals surface area (Å²) in [5.74, 6) is 0. The lowest BCUT2D eigenvalue weighted by atomic mass is 10.1. The summed E-state index contributed by atoms with van der Waals surface area (Å²) in [4.78, 5) is 0. The fourth-order valence-corrected chi connectivity index (χ4v) is 2.53. The zero-order valence-electron chi connectivity index (χ0n) is 12.9. The largest absolute Gasteiger partial charge is 0.760 e. The third kappa shape index (κ3) is 14.3. The molecule has 0 amide bonds. The summed E-state index contributed by atoms with van der Waals surface area (Å²) in [6, 6.07) is 0. The second-order valence-electron chi connectivity index (χ2n) is 5.46. The Kier molecular flexibility index (Phi) is 14.5. The van der Waals surface area contributed by atoms with Gasteiger partial charge in [0.05, 0.1) is 0 Å². The Hall–Kier alpha value is 0.0700. The molecule has 0 rings (SSSR count). The zero-order chi connectivity index (χ0) is 14.3. The zero-order valence-corrected chi connectivity index (χ0v) is 13.7. The molecule has 0 bridgehead atoms. The lowest BCUT2D eigenvalue weighted by Crippen LogP contribution is -2.21. The van der Waals surface area contributed by atoms with Crippen molar-refractivity contribution in [2.75, 3.05) is 13.6 Å². The Morgan fingerprint density at radius 1 is 0.789 bits per heavy atom. The Labute approximate surface area is 122 Å². The van der Waals surface area contributed by atoms with Crippen molar-refractivity contribution in [2.45, 2.75) is 84.0 Å². The van der Waals surface area contributed by atoms with E-state index in [-0.39, 0.29) is 0 Å². The quantitative estimate of drug-likeness (QED) is 0.351. The van der Waals surface area contributed by atoms with Crippen LogP contribution in [0.3, 0.4) is 0 Å². The Balaban J connectivity index is 3.05. The molecule has 0 heterocycles. The van der Waals surface area contributed by atoms with Crippen molar-refractivity contribution < 1.29 is 8.76 Å².